The summed E-state index contributed by atoms with van der Waals surface area (Å²) in [5.41, 5.74) is 1.37. The molecular weight excluding hydrogens is 312 g/mol. The van der Waals surface area contributed by atoms with Crippen LogP contribution in [-0.2, 0) is 0 Å². The first-order valence-electron chi connectivity index (χ1n) is 6.94. The fourth-order valence-corrected chi connectivity index (χ4v) is 2.18. The lowest BCUT2D eigenvalue weighted by Crippen LogP contribution is -2.13. The molecule has 24 heavy (non-hydrogen) atoms. The van der Waals surface area contributed by atoms with E-state index in [-0.39, 0.29) is 22.8 Å². The van der Waals surface area contributed by atoms with E-state index in [2.05, 4.69) is 15.3 Å². The Morgan fingerprint density at radius 2 is 1.96 bits per heavy atom. The van der Waals surface area contributed by atoms with Crippen LogP contribution in [0.3, 0.4) is 0 Å². The molecule has 2 aromatic carbocycles. The normalized spacial score (nSPS) is 10.4. The molecule has 0 saturated carbocycles. The molecule has 0 saturated heterocycles. The van der Waals surface area contributed by atoms with Gasteiger partial charge in [-0.05, 0) is 18.2 Å². The second kappa shape index (κ2) is 6.29. The molecule has 0 fully saturated rings. The smallest absolute Gasteiger partial charge is 0.310 e. The second-order valence-corrected chi connectivity index (χ2v) is 4.84. The van der Waals surface area contributed by atoms with Gasteiger partial charge in [-0.15, -0.1) is 0 Å². The highest BCUT2D eigenvalue weighted by Gasteiger charge is 2.17. The number of hydrogen-bond donors (Lipinski definition) is 1. The highest BCUT2D eigenvalue weighted by Crippen LogP contribution is 2.27. The zero-order valence-electron chi connectivity index (χ0n) is 12.6. The maximum Gasteiger partial charge on any atom is 0.310 e. The fraction of sp³-hybridized carbons (Fsp3) is 0.0625. The van der Waals surface area contributed by atoms with Gasteiger partial charge in [-0.25, -0.2) is 4.98 Å². The highest BCUT2D eigenvalue weighted by atomic mass is 16.6. The molecule has 8 nitrogen and oxygen atoms in total. The quantitative estimate of drug-likeness (QED) is 0.584. The molecule has 3 aromatic rings. The third-order valence-corrected chi connectivity index (χ3v) is 3.33. The number of methoxy groups -OCH3 is 1. The first-order valence-corrected chi connectivity index (χ1v) is 6.94. The van der Waals surface area contributed by atoms with Crippen molar-refractivity contribution in [3.05, 3.63) is 64.3 Å². The zero-order valence-corrected chi connectivity index (χ0v) is 12.6. The van der Waals surface area contributed by atoms with E-state index in [1.54, 1.807) is 6.07 Å². The summed E-state index contributed by atoms with van der Waals surface area (Å²) in [5, 5.41) is 13.5. The summed E-state index contributed by atoms with van der Waals surface area (Å²) < 4.78 is 4.96. The molecular formula is C16H12N4O4. The lowest BCUT2D eigenvalue weighted by molar-refractivity contribution is -0.385. The van der Waals surface area contributed by atoms with Gasteiger partial charge >= 0.3 is 5.69 Å². The zero-order chi connectivity index (χ0) is 17.1. The summed E-state index contributed by atoms with van der Waals surface area (Å²) in [6, 6.07) is 11.1. The van der Waals surface area contributed by atoms with Gasteiger partial charge in [-0.2, -0.15) is 0 Å². The van der Waals surface area contributed by atoms with E-state index in [0.717, 1.165) is 0 Å². The van der Waals surface area contributed by atoms with E-state index < -0.39 is 10.8 Å². The van der Waals surface area contributed by atoms with Gasteiger partial charge in [0.15, 0.2) is 11.6 Å². The van der Waals surface area contributed by atoms with Crippen LogP contribution in [0.1, 0.15) is 10.4 Å². The van der Waals surface area contributed by atoms with Crippen LogP contribution in [0.5, 0.6) is 5.75 Å². The Morgan fingerprint density at radius 3 is 2.67 bits per heavy atom. The van der Waals surface area contributed by atoms with E-state index in [1.165, 1.54) is 31.5 Å². The van der Waals surface area contributed by atoms with Gasteiger partial charge in [-0.3, -0.25) is 19.9 Å². The summed E-state index contributed by atoms with van der Waals surface area (Å²) in [6.45, 7) is 0. The van der Waals surface area contributed by atoms with E-state index in [4.69, 9.17) is 4.74 Å². The number of nitrogens with zero attached hydrogens (tertiary/aromatic N) is 3. The van der Waals surface area contributed by atoms with Crippen molar-refractivity contribution in [1.82, 2.24) is 9.97 Å². The first kappa shape index (κ1) is 15.3. The largest absolute Gasteiger partial charge is 0.490 e. The third kappa shape index (κ3) is 2.98. The lowest BCUT2D eigenvalue weighted by Gasteiger charge is -2.07. The molecule has 0 unspecified atom stereocenters. The Labute approximate surface area is 136 Å². The molecule has 1 amide bonds. The number of carbonyl (C=O) groups is 1. The number of nitro benzene ring substituents is 1. The molecule has 8 heteroatoms. The van der Waals surface area contributed by atoms with E-state index in [9.17, 15) is 14.9 Å². The molecule has 1 N–H and O–H groups in total. The van der Waals surface area contributed by atoms with Crippen LogP contribution in [0.2, 0.25) is 0 Å². The van der Waals surface area contributed by atoms with Crippen LogP contribution in [0.15, 0.2) is 48.7 Å². The Bertz CT molecular complexity index is 942. The van der Waals surface area contributed by atoms with Gasteiger partial charge in [0.1, 0.15) is 0 Å². The monoisotopic (exact) mass is 324 g/mol. The average molecular weight is 324 g/mol. The van der Waals surface area contributed by atoms with Crippen LogP contribution in [0.25, 0.3) is 11.0 Å². The number of hydrogen-bond acceptors (Lipinski definition) is 6. The number of fused-ring (bicyclic) bond motifs is 1. The van der Waals surface area contributed by atoms with Crippen LogP contribution in [-0.4, -0.2) is 27.9 Å². The lowest BCUT2D eigenvalue weighted by atomic mass is 10.1. The molecule has 0 bridgehead atoms. The maximum absolute atomic E-state index is 12.3. The van der Waals surface area contributed by atoms with Crippen molar-refractivity contribution >= 4 is 28.4 Å². The Balaban J connectivity index is 1.87. The molecule has 3 rings (SSSR count). The number of carbonyl (C=O) groups excluding carboxylic acids is 1. The van der Waals surface area contributed by atoms with Crippen molar-refractivity contribution in [2.75, 3.05) is 12.4 Å². The number of nitrogens with one attached hydrogen (secondary N) is 1. The predicted molar refractivity (Wildman–Crippen MR) is 87.1 cm³/mol. The van der Waals surface area contributed by atoms with Gasteiger partial charge < -0.3 is 10.1 Å². The summed E-state index contributed by atoms with van der Waals surface area (Å²) in [7, 11) is 1.30. The van der Waals surface area contributed by atoms with Gasteiger partial charge in [0, 0.05) is 17.7 Å². The Kier molecular flexibility index (Phi) is 4.02. The number of amides is 1. The number of para-hydroxylation sites is 2. The molecule has 0 aliphatic rings. The van der Waals surface area contributed by atoms with Crippen LogP contribution in [0, 0.1) is 10.1 Å². The van der Waals surface area contributed by atoms with Gasteiger partial charge in [0.2, 0.25) is 0 Å². The standard InChI is InChI=1S/C16H12N4O4/c1-24-14-8-10(6-7-13(14)20(22)23)16(21)19-15-9-17-11-4-2-3-5-12(11)18-15/h2-9H,1H3,(H,18,19,21). The van der Waals surface area contributed by atoms with E-state index in [0.29, 0.717) is 11.0 Å². The molecule has 0 radical (unpaired) electrons. The van der Waals surface area contributed by atoms with Crippen molar-refractivity contribution in [1.29, 1.82) is 0 Å². The number of aromatic nitrogens is 2. The molecule has 0 spiro atoms. The van der Waals surface area contributed by atoms with Crippen LogP contribution >= 0.6 is 0 Å². The van der Waals surface area contributed by atoms with Crippen LogP contribution in [0.4, 0.5) is 11.5 Å². The number of rotatable bonds is 4. The number of nitro groups is 1. The van der Waals surface area contributed by atoms with Gasteiger partial charge in [0.05, 0.1) is 29.3 Å². The van der Waals surface area contributed by atoms with Crippen molar-refractivity contribution < 1.29 is 14.5 Å². The third-order valence-electron chi connectivity index (χ3n) is 3.33. The summed E-state index contributed by atoms with van der Waals surface area (Å²) in [4.78, 5) is 31.1. The van der Waals surface area contributed by atoms with Crippen molar-refractivity contribution in [2.24, 2.45) is 0 Å². The van der Waals surface area contributed by atoms with Crippen molar-refractivity contribution in [3.63, 3.8) is 0 Å². The molecule has 1 heterocycles. The summed E-state index contributed by atoms with van der Waals surface area (Å²) >= 11 is 0. The second-order valence-electron chi connectivity index (χ2n) is 4.84. The molecule has 1 aromatic heterocycles. The molecule has 0 aliphatic heterocycles. The minimum Gasteiger partial charge on any atom is -0.490 e. The first-order chi connectivity index (χ1) is 11.6. The van der Waals surface area contributed by atoms with E-state index >= 15 is 0 Å². The molecule has 0 aliphatic carbocycles. The fourth-order valence-electron chi connectivity index (χ4n) is 2.18. The Hall–Kier alpha value is -3.55. The van der Waals surface area contributed by atoms with Crippen molar-refractivity contribution in [2.45, 2.75) is 0 Å². The van der Waals surface area contributed by atoms with Crippen LogP contribution < -0.4 is 10.1 Å². The number of ether oxygens (including phenoxy) is 1. The minimum atomic E-state index is -0.574. The van der Waals surface area contributed by atoms with E-state index in [1.807, 2.05) is 18.2 Å². The van der Waals surface area contributed by atoms with Gasteiger partial charge in [-0.1, -0.05) is 12.1 Å². The molecule has 0 atom stereocenters. The maximum atomic E-state index is 12.3. The summed E-state index contributed by atoms with van der Waals surface area (Å²) in [5.74, 6) is -0.166. The minimum absolute atomic E-state index is 0.0113. The number of anilines is 1. The Morgan fingerprint density at radius 1 is 1.21 bits per heavy atom. The summed E-state index contributed by atoms with van der Waals surface area (Å²) in [6.07, 6.45) is 1.45. The molecule has 120 valence electrons. The highest BCUT2D eigenvalue weighted by molar-refractivity contribution is 6.04. The predicted octanol–water partition coefficient (Wildman–Crippen LogP) is 2.80. The average Bonchev–Trinajstić information content (AvgIpc) is 2.60. The topological polar surface area (TPSA) is 107 Å². The number of benzene rings is 2. The van der Waals surface area contributed by atoms with Gasteiger partial charge in [0.25, 0.3) is 5.91 Å². The van der Waals surface area contributed by atoms with Crippen molar-refractivity contribution in [3.8, 4) is 5.75 Å². The SMILES string of the molecule is COc1cc(C(=O)Nc2cnc3ccccc3n2)ccc1[N+](=O)[O-].